The standard InChI is InChI=1S/C19H25N5/c1-19(2,14-22-18(20)23-17-9-5-6-11-21-17)24-12-10-15-7-3-4-8-16(15)13-24/h3-9,11H,10,12-14H2,1-2H3,(H3,20,21,22,23). The van der Waals surface area contributed by atoms with Crippen LogP contribution in [0.15, 0.2) is 53.7 Å². The second-order valence-electron chi connectivity index (χ2n) is 6.79. The van der Waals surface area contributed by atoms with Gasteiger partial charge in [0.1, 0.15) is 5.82 Å². The molecule has 1 aromatic carbocycles. The maximum absolute atomic E-state index is 6.00. The zero-order valence-electron chi connectivity index (χ0n) is 14.4. The Bertz CT molecular complexity index is 709. The Morgan fingerprint density at radius 1 is 1.21 bits per heavy atom. The summed E-state index contributed by atoms with van der Waals surface area (Å²) in [6, 6.07) is 14.3. The number of nitrogens with zero attached hydrogens (tertiary/aromatic N) is 3. The van der Waals surface area contributed by atoms with E-state index in [1.165, 1.54) is 11.1 Å². The van der Waals surface area contributed by atoms with E-state index in [1.54, 1.807) is 6.20 Å². The predicted octanol–water partition coefficient (Wildman–Crippen LogP) is 2.65. The summed E-state index contributed by atoms with van der Waals surface area (Å²) in [5, 5.41) is 3.03. The summed E-state index contributed by atoms with van der Waals surface area (Å²) in [5.74, 6) is 1.11. The summed E-state index contributed by atoms with van der Waals surface area (Å²) < 4.78 is 0. The molecule has 0 saturated heterocycles. The number of hydrogen-bond acceptors (Lipinski definition) is 3. The van der Waals surface area contributed by atoms with E-state index < -0.39 is 0 Å². The lowest BCUT2D eigenvalue weighted by Gasteiger charge is -2.40. The first-order chi connectivity index (χ1) is 11.5. The molecule has 0 spiro atoms. The van der Waals surface area contributed by atoms with Gasteiger partial charge in [-0.25, -0.2) is 4.98 Å². The van der Waals surface area contributed by atoms with Crippen molar-refractivity contribution in [3.05, 3.63) is 59.8 Å². The number of fused-ring (bicyclic) bond motifs is 1. The summed E-state index contributed by atoms with van der Waals surface area (Å²) in [6.45, 7) is 7.09. The number of pyridine rings is 1. The van der Waals surface area contributed by atoms with Crippen molar-refractivity contribution in [1.29, 1.82) is 0 Å². The third-order valence-electron chi connectivity index (χ3n) is 4.54. The van der Waals surface area contributed by atoms with Crippen LogP contribution in [-0.2, 0) is 13.0 Å². The molecular formula is C19H25N5. The lowest BCUT2D eigenvalue weighted by Crippen LogP contribution is -2.49. The molecule has 24 heavy (non-hydrogen) atoms. The Balaban J connectivity index is 1.62. The lowest BCUT2D eigenvalue weighted by atomic mass is 9.94. The van der Waals surface area contributed by atoms with E-state index in [-0.39, 0.29) is 5.54 Å². The lowest BCUT2D eigenvalue weighted by molar-refractivity contribution is 0.112. The van der Waals surface area contributed by atoms with Crippen molar-refractivity contribution in [1.82, 2.24) is 9.88 Å². The molecule has 3 rings (SSSR count). The van der Waals surface area contributed by atoms with Crippen LogP contribution in [0.3, 0.4) is 0 Å². The van der Waals surface area contributed by atoms with Crippen molar-refractivity contribution < 1.29 is 0 Å². The van der Waals surface area contributed by atoms with E-state index in [0.29, 0.717) is 18.3 Å². The van der Waals surface area contributed by atoms with Gasteiger partial charge in [-0.15, -0.1) is 0 Å². The van der Waals surface area contributed by atoms with Crippen LogP contribution in [0.1, 0.15) is 25.0 Å². The Hall–Kier alpha value is -2.40. The fraction of sp³-hybridized carbons (Fsp3) is 0.368. The van der Waals surface area contributed by atoms with Gasteiger partial charge in [0.05, 0.1) is 6.54 Å². The predicted molar refractivity (Wildman–Crippen MR) is 99.0 cm³/mol. The largest absolute Gasteiger partial charge is 0.370 e. The van der Waals surface area contributed by atoms with Crippen LogP contribution in [0.4, 0.5) is 5.82 Å². The van der Waals surface area contributed by atoms with Gasteiger partial charge in [0.25, 0.3) is 0 Å². The maximum Gasteiger partial charge on any atom is 0.194 e. The molecular weight excluding hydrogens is 298 g/mol. The average molecular weight is 323 g/mol. The monoisotopic (exact) mass is 323 g/mol. The highest BCUT2D eigenvalue weighted by Crippen LogP contribution is 2.25. The minimum atomic E-state index is -0.0516. The first-order valence-corrected chi connectivity index (χ1v) is 8.34. The minimum Gasteiger partial charge on any atom is -0.370 e. The van der Waals surface area contributed by atoms with Crippen LogP contribution >= 0.6 is 0 Å². The van der Waals surface area contributed by atoms with Crippen molar-refractivity contribution >= 4 is 11.8 Å². The van der Waals surface area contributed by atoms with Crippen LogP contribution in [0.5, 0.6) is 0 Å². The average Bonchev–Trinajstić information content (AvgIpc) is 2.60. The maximum atomic E-state index is 6.00. The van der Waals surface area contributed by atoms with Crippen LogP contribution in [0, 0.1) is 0 Å². The molecule has 2 aromatic rings. The smallest absolute Gasteiger partial charge is 0.194 e. The molecule has 0 atom stereocenters. The number of aromatic nitrogens is 1. The Kier molecular flexibility index (Phi) is 4.81. The van der Waals surface area contributed by atoms with Crippen LogP contribution in [0.2, 0.25) is 0 Å². The molecule has 0 bridgehead atoms. The van der Waals surface area contributed by atoms with Gasteiger partial charge < -0.3 is 11.1 Å². The quantitative estimate of drug-likeness (QED) is 0.670. The highest BCUT2D eigenvalue weighted by molar-refractivity contribution is 5.91. The van der Waals surface area contributed by atoms with Gasteiger partial charge in [-0.2, -0.15) is 0 Å². The SMILES string of the molecule is CC(C)(CN=C(N)Nc1ccccn1)N1CCc2ccccc2C1. The Labute approximate surface area is 143 Å². The third kappa shape index (κ3) is 3.92. The molecule has 5 nitrogen and oxygen atoms in total. The Morgan fingerprint density at radius 3 is 2.71 bits per heavy atom. The fourth-order valence-electron chi connectivity index (χ4n) is 3.00. The summed E-state index contributed by atoms with van der Waals surface area (Å²) in [4.78, 5) is 11.2. The molecule has 5 heteroatoms. The van der Waals surface area contributed by atoms with E-state index in [0.717, 1.165) is 19.5 Å². The van der Waals surface area contributed by atoms with Gasteiger partial charge >= 0.3 is 0 Å². The summed E-state index contributed by atoms with van der Waals surface area (Å²) in [6.07, 6.45) is 2.82. The number of rotatable bonds is 4. The number of anilines is 1. The molecule has 1 aliphatic heterocycles. The van der Waals surface area contributed by atoms with Crippen molar-refractivity contribution in [2.45, 2.75) is 32.4 Å². The van der Waals surface area contributed by atoms with Crippen LogP contribution in [0.25, 0.3) is 0 Å². The second kappa shape index (κ2) is 7.01. The Morgan fingerprint density at radius 2 is 1.96 bits per heavy atom. The van der Waals surface area contributed by atoms with Crippen molar-refractivity contribution in [3.8, 4) is 0 Å². The van der Waals surface area contributed by atoms with Gasteiger partial charge in [0.15, 0.2) is 5.96 Å². The highest BCUT2D eigenvalue weighted by atomic mass is 15.2. The zero-order chi connectivity index (χ0) is 17.0. The molecule has 0 unspecified atom stereocenters. The fourth-order valence-corrected chi connectivity index (χ4v) is 3.00. The van der Waals surface area contributed by atoms with Crippen LogP contribution in [-0.4, -0.2) is 34.5 Å². The van der Waals surface area contributed by atoms with Crippen LogP contribution < -0.4 is 11.1 Å². The first-order valence-electron chi connectivity index (χ1n) is 8.34. The molecule has 1 aromatic heterocycles. The highest BCUT2D eigenvalue weighted by Gasteiger charge is 2.29. The van der Waals surface area contributed by atoms with Gasteiger partial charge in [0.2, 0.25) is 0 Å². The van der Waals surface area contributed by atoms with E-state index in [2.05, 4.69) is 58.3 Å². The van der Waals surface area contributed by atoms with Gasteiger partial charge in [-0.05, 0) is 43.5 Å². The summed E-state index contributed by atoms with van der Waals surface area (Å²) in [7, 11) is 0. The molecule has 0 saturated carbocycles. The van der Waals surface area contributed by atoms with Crippen molar-refractivity contribution in [2.75, 3.05) is 18.4 Å². The van der Waals surface area contributed by atoms with Gasteiger partial charge in [-0.3, -0.25) is 9.89 Å². The normalized spacial score (nSPS) is 15.8. The molecule has 0 amide bonds. The number of nitrogens with two attached hydrogens (primary N) is 1. The molecule has 0 radical (unpaired) electrons. The number of aliphatic imine (C=N–C) groups is 1. The molecule has 3 N–H and O–H groups in total. The number of hydrogen-bond donors (Lipinski definition) is 2. The third-order valence-corrected chi connectivity index (χ3v) is 4.54. The van der Waals surface area contributed by atoms with E-state index in [4.69, 9.17) is 5.73 Å². The topological polar surface area (TPSA) is 66.5 Å². The molecule has 2 heterocycles. The van der Waals surface area contributed by atoms with E-state index in [1.807, 2.05) is 18.2 Å². The number of benzene rings is 1. The number of nitrogens with one attached hydrogen (secondary N) is 1. The summed E-state index contributed by atoms with van der Waals surface area (Å²) >= 11 is 0. The summed E-state index contributed by atoms with van der Waals surface area (Å²) in [5.41, 5.74) is 8.83. The van der Waals surface area contributed by atoms with E-state index >= 15 is 0 Å². The van der Waals surface area contributed by atoms with Crippen molar-refractivity contribution in [2.24, 2.45) is 10.7 Å². The van der Waals surface area contributed by atoms with Gasteiger partial charge in [0, 0.05) is 24.8 Å². The van der Waals surface area contributed by atoms with E-state index in [9.17, 15) is 0 Å². The molecule has 0 fully saturated rings. The minimum absolute atomic E-state index is 0.0516. The zero-order valence-corrected chi connectivity index (χ0v) is 14.4. The second-order valence-corrected chi connectivity index (χ2v) is 6.79. The number of guanidine groups is 1. The molecule has 126 valence electrons. The van der Waals surface area contributed by atoms with Gasteiger partial charge in [-0.1, -0.05) is 30.3 Å². The molecule has 0 aliphatic carbocycles. The first kappa shape index (κ1) is 16.5. The molecule has 1 aliphatic rings. The van der Waals surface area contributed by atoms with Crippen molar-refractivity contribution in [3.63, 3.8) is 0 Å².